The highest BCUT2D eigenvalue weighted by molar-refractivity contribution is 7.86. The van der Waals surface area contributed by atoms with Gasteiger partial charge in [0.25, 0.3) is 10.1 Å². The van der Waals surface area contributed by atoms with Gasteiger partial charge in [0.2, 0.25) is 0 Å². The average Bonchev–Trinajstić information content (AvgIpc) is 3.01. The Hall–Kier alpha value is -2.27. The zero-order valence-electron chi connectivity index (χ0n) is 13.3. The topological polar surface area (TPSA) is 132 Å². The molecule has 9 nitrogen and oxygen atoms in total. The molecule has 1 heterocycles. The summed E-state index contributed by atoms with van der Waals surface area (Å²) in [4.78, 5) is 10.1. The smallest absolute Gasteiger partial charge is 0.323 e. The van der Waals surface area contributed by atoms with E-state index in [2.05, 4.69) is 0 Å². The van der Waals surface area contributed by atoms with Crippen LogP contribution >= 0.6 is 0 Å². The molecule has 0 spiro atoms. The number of nitro groups is 1. The normalized spacial score (nSPS) is 14.2. The Morgan fingerprint density at radius 3 is 2.44 bits per heavy atom. The monoisotopic (exact) mass is 370 g/mol. The number of rotatable bonds is 8. The van der Waals surface area contributed by atoms with Crippen molar-refractivity contribution in [3.05, 3.63) is 58.3 Å². The zero-order valence-corrected chi connectivity index (χ0v) is 14.2. The van der Waals surface area contributed by atoms with Crippen LogP contribution in [-0.2, 0) is 20.8 Å². The summed E-state index contributed by atoms with van der Waals surface area (Å²) in [5, 5.41) is 30.6. The van der Waals surface area contributed by atoms with Gasteiger partial charge < -0.3 is 20.3 Å². The summed E-state index contributed by atoms with van der Waals surface area (Å²) in [6.45, 7) is 0.850. The van der Waals surface area contributed by atoms with Gasteiger partial charge >= 0.3 is 5.82 Å². The molecular weight excluding hydrogens is 352 g/mol. The summed E-state index contributed by atoms with van der Waals surface area (Å²) in [7, 11) is -4.08. The number of hydrogen-bond acceptors (Lipinski definition) is 7. The van der Waals surface area contributed by atoms with Crippen LogP contribution in [0.3, 0.4) is 0 Å². The molecule has 1 aromatic carbocycles. The molecule has 136 valence electrons. The number of nitrogens with zero attached hydrogens (tertiary/aromatic N) is 2. The predicted molar refractivity (Wildman–Crippen MR) is 87.4 cm³/mol. The van der Waals surface area contributed by atoms with E-state index in [0.29, 0.717) is 0 Å². The first-order chi connectivity index (χ1) is 11.7. The largest absolute Gasteiger partial charge is 0.388 e. The Labute approximate surface area is 144 Å². The molecule has 0 aliphatic carbocycles. The van der Waals surface area contributed by atoms with Crippen LogP contribution in [0, 0.1) is 17.0 Å². The van der Waals surface area contributed by atoms with Gasteiger partial charge in [0.1, 0.15) is 18.8 Å². The standard InChI is InChI=1S/C15H18N2O7S/c1-11-4-6-12(7-5-11)25(22,23)24-10-14(19)13(18)9-16-8-2-3-15(16)17(20)21/h2-8,13-14,18-19H,9-10H2,1H3. The van der Waals surface area contributed by atoms with Gasteiger partial charge in [-0.05, 0) is 30.0 Å². The summed E-state index contributed by atoms with van der Waals surface area (Å²) in [6.07, 6.45) is -1.61. The van der Waals surface area contributed by atoms with Crippen molar-refractivity contribution in [2.24, 2.45) is 0 Å². The molecule has 0 saturated carbocycles. The van der Waals surface area contributed by atoms with E-state index >= 15 is 0 Å². The minimum absolute atomic E-state index is 0.0687. The molecule has 0 radical (unpaired) electrons. The van der Waals surface area contributed by atoms with Crippen LogP contribution in [0.25, 0.3) is 0 Å². The van der Waals surface area contributed by atoms with Crippen molar-refractivity contribution in [3.63, 3.8) is 0 Å². The van der Waals surface area contributed by atoms with Crippen molar-refractivity contribution in [1.29, 1.82) is 0 Å². The minimum Gasteiger partial charge on any atom is -0.388 e. The number of aliphatic hydroxyl groups is 2. The van der Waals surface area contributed by atoms with Gasteiger partial charge in [-0.25, -0.2) is 4.57 Å². The second kappa shape index (κ2) is 7.74. The van der Waals surface area contributed by atoms with E-state index < -0.39 is 33.9 Å². The minimum atomic E-state index is -4.08. The van der Waals surface area contributed by atoms with Gasteiger partial charge in [0.15, 0.2) is 0 Å². The number of aromatic nitrogens is 1. The Kier molecular flexibility index (Phi) is 5.90. The quantitative estimate of drug-likeness (QED) is 0.399. The molecule has 2 atom stereocenters. The Balaban J connectivity index is 1.97. The molecule has 0 aliphatic rings. The maximum atomic E-state index is 12.0. The van der Waals surface area contributed by atoms with Gasteiger partial charge in [0, 0.05) is 6.07 Å². The van der Waals surface area contributed by atoms with Crippen LogP contribution < -0.4 is 0 Å². The molecule has 0 amide bonds. The lowest BCUT2D eigenvalue weighted by atomic mass is 10.2. The summed E-state index contributed by atoms with van der Waals surface area (Å²) >= 11 is 0. The number of aryl methyl sites for hydroxylation is 1. The molecule has 0 fully saturated rings. The fraction of sp³-hybridized carbons (Fsp3) is 0.333. The van der Waals surface area contributed by atoms with Crippen LogP contribution in [0.1, 0.15) is 5.56 Å². The van der Waals surface area contributed by atoms with Crippen LogP contribution in [0.2, 0.25) is 0 Å². The molecule has 2 N–H and O–H groups in total. The van der Waals surface area contributed by atoms with Crippen LogP contribution in [0.15, 0.2) is 47.5 Å². The third-order valence-electron chi connectivity index (χ3n) is 3.52. The van der Waals surface area contributed by atoms with E-state index in [0.717, 1.165) is 10.1 Å². The number of benzene rings is 1. The molecule has 25 heavy (non-hydrogen) atoms. The first-order valence-electron chi connectivity index (χ1n) is 7.32. The van der Waals surface area contributed by atoms with E-state index in [4.69, 9.17) is 4.18 Å². The lowest BCUT2D eigenvalue weighted by Crippen LogP contribution is -2.35. The van der Waals surface area contributed by atoms with Crippen molar-refractivity contribution in [2.75, 3.05) is 6.61 Å². The molecule has 2 unspecified atom stereocenters. The molecule has 10 heteroatoms. The van der Waals surface area contributed by atoms with Crippen LogP contribution in [0.5, 0.6) is 0 Å². The van der Waals surface area contributed by atoms with Crippen molar-refractivity contribution >= 4 is 15.9 Å². The number of hydrogen-bond donors (Lipinski definition) is 2. The fourth-order valence-corrected chi connectivity index (χ4v) is 3.02. The molecule has 1 aromatic heterocycles. The lowest BCUT2D eigenvalue weighted by Gasteiger charge is -2.17. The molecule has 0 bridgehead atoms. The van der Waals surface area contributed by atoms with E-state index in [1.807, 2.05) is 0 Å². The van der Waals surface area contributed by atoms with Crippen LogP contribution in [-0.4, -0.2) is 46.9 Å². The maximum absolute atomic E-state index is 12.0. The van der Waals surface area contributed by atoms with E-state index in [-0.39, 0.29) is 17.3 Å². The summed E-state index contributed by atoms with van der Waals surface area (Å²) in [5.41, 5.74) is 0.878. The Morgan fingerprint density at radius 1 is 1.20 bits per heavy atom. The van der Waals surface area contributed by atoms with E-state index in [9.17, 15) is 28.7 Å². The fourth-order valence-electron chi connectivity index (χ4n) is 2.09. The summed E-state index contributed by atoms with van der Waals surface area (Å²) < 4.78 is 29.9. The highest BCUT2D eigenvalue weighted by atomic mass is 32.2. The summed E-state index contributed by atoms with van der Waals surface area (Å²) in [5.74, 6) is -0.251. The first kappa shape index (κ1) is 19.1. The van der Waals surface area contributed by atoms with E-state index in [1.165, 1.54) is 30.5 Å². The lowest BCUT2D eigenvalue weighted by molar-refractivity contribution is -0.392. The average molecular weight is 370 g/mol. The number of aliphatic hydroxyl groups excluding tert-OH is 2. The second-order valence-corrected chi connectivity index (χ2v) is 7.08. The SMILES string of the molecule is Cc1ccc(S(=O)(=O)OCC(O)C(O)Cn2cccc2[N+](=O)[O-])cc1. The van der Waals surface area contributed by atoms with Crippen molar-refractivity contribution in [2.45, 2.75) is 30.6 Å². The van der Waals surface area contributed by atoms with Gasteiger partial charge in [-0.3, -0.25) is 4.18 Å². The molecule has 2 rings (SSSR count). The molecule has 0 aliphatic heterocycles. The zero-order chi connectivity index (χ0) is 18.6. The van der Waals surface area contributed by atoms with Gasteiger partial charge in [-0.15, -0.1) is 0 Å². The van der Waals surface area contributed by atoms with Gasteiger partial charge in [-0.1, -0.05) is 17.7 Å². The van der Waals surface area contributed by atoms with Crippen LogP contribution in [0.4, 0.5) is 5.82 Å². The molecular formula is C15H18N2O7S. The second-order valence-electron chi connectivity index (χ2n) is 5.46. The van der Waals surface area contributed by atoms with E-state index in [1.54, 1.807) is 19.1 Å². The third-order valence-corrected chi connectivity index (χ3v) is 4.82. The molecule has 2 aromatic rings. The van der Waals surface area contributed by atoms with Gasteiger partial charge in [0.05, 0.1) is 17.7 Å². The molecule has 0 saturated heterocycles. The van der Waals surface area contributed by atoms with Crippen molar-refractivity contribution in [1.82, 2.24) is 4.57 Å². The van der Waals surface area contributed by atoms with Crippen molar-refractivity contribution < 1.29 is 27.7 Å². The Bertz CT molecular complexity index is 830. The maximum Gasteiger partial charge on any atom is 0.323 e. The van der Waals surface area contributed by atoms with Crippen molar-refractivity contribution in [3.8, 4) is 0 Å². The highest BCUT2D eigenvalue weighted by Crippen LogP contribution is 2.16. The van der Waals surface area contributed by atoms with Gasteiger partial charge in [-0.2, -0.15) is 8.42 Å². The Morgan fingerprint density at radius 2 is 1.84 bits per heavy atom. The third kappa shape index (κ3) is 4.86. The predicted octanol–water partition coefficient (Wildman–Crippen LogP) is 0.832. The first-order valence-corrected chi connectivity index (χ1v) is 8.73. The summed E-state index contributed by atoms with van der Waals surface area (Å²) in [6, 6.07) is 8.62. The highest BCUT2D eigenvalue weighted by Gasteiger charge is 2.25.